The van der Waals surface area contributed by atoms with Gasteiger partial charge in [-0.1, -0.05) is 53.4 Å². The van der Waals surface area contributed by atoms with Gasteiger partial charge in [-0.3, -0.25) is 0 Å². The van der Waals surface area contributed by atoms with Gasteiger partial charge in [0.2, 0.25) is 0 Å². The first-order valence-electron chi connectivity index (χ1n) is 8.84. The van der Waals surface area contributed by atoms with E-state index in [1.165, 1.54) is 51.4 Å². The first-order chi connectivity index (χ1) is 9.08. The molecule has 0 aromatic rings. The van der Waals surface area contributed by atoms with E-state index in [0.717, 1.165) is 35.8 Å². The minimum atomic E-state index is 0.786. The summed E-state index contributed by atoms with van der Waals surface area (Å²) < 4.78 is 0. The zero-order valence-electron chi connectivity index (χ0n) is 13.6. The minimum Gasteiger partial charge on any atom is -0.311 e. The summed E-state index contributed by atoms with van der Waals surface area (Å²) in [5.41, 5.74) is 0. The van der Waals surface area contributed by atoms with E-state index in [1.807, 2.05) is 0 Å². The van der Waals surface area contributed by atoms with Gasteiger partial charge in [0.1, 0.15) is 0 Å². The topological polar surface area (TPSA) is 12.0 Å². The third kappa shape index (κ3) is 4.21. The van der Waals surface area contributed by atoms with Crippen LogP contribution in [0.15, 0.2) is 0 Å². The van der Waals surface area contributed by atoms with Crippen LogP contribution in [0.3, 0.4) is 0 Å². The van der Waals surface area contributed by atoms with Crippen LogP contribution >= 0.6 is 0 Å². The first kappa shape index (κ1) is 15.4. The zero-order valence-corrected chi connectivity index (χ0v) is 13.6. The van der Waals surface area contributed by atoms with Crippen LogP contribution in [0, 0.1) is 23.7 Å². The fourth-order valence-corrected chi connectivity index (χ4v) is 4.41. The molecule has 0 aromatic carbocycles. The monoisotopic (exact) mass is 265 g/mol. The minimum absolute atomic E-state index is 0.786. The van der Waals surface area contributed by atoms with Crippen molar-refractivity contribution in [3.63, 3.8) is 0 Å². The molecule has 0 bridgehead atoms. The van der Waals surface area contributed by atoms with Gasteiger partial charge in [0.25, 0.3) is 0 Å². The van der Waals surface area contributed by atoms with Crippen molar-refractivity contribution in [2.45, 2.75) is 91.1 Å². The van der Waals surface area contributed by atoms with Crippen molar-refractivity contribution in [2.75, 3.05) is 0 Å². The Morgan fingerprint density at radius 3 is 2.32 bits per heavy atom. The first-order valence-corrected chi connectivity index (χ1v) is 8.84. The highest BCUT2D eigenvalue weighted by molar-refractivity contribution is 4.89. The summed E-state index contributed by atoms with van der Waals surface area (Å²) >= 11 is 0. The molecule has 112 valence electrons. The van der Waals surface area contributed by atoms with Gasteiger partial charge in [-0.05, 0) is 49.4 Å². The number of hydrogen-bond acceptors (Lipinski definition) is 1. The number of rotatable bonds is 3. The van der Waals surface area contributed by atoms with Crippen LogP contribution in [0.5, 0.6) is 0 Å². The number of nitrogens with one attached hydrogen (secondary N) is 1. The second kappa shape index (κ2) is 7.11. The SMILES string of the molecule is CC1CCC(C(C)C)C(NC2CCCCCC2C)C1. The molecule has 0 aromatic heterocycles. The molecule has 5 unspecified atom stereocenters. The van der Waals surface area contributed by atoms with E-state index in [0.29, 0.717) is 0 Å². The van der Waals surface area contributed by atoms with Crippen molar-refractivity contribution in [2.24, 2.45) is 23.7 Å². The van der Waals surface area contributed by atoms with E-state index in [-0.39, 0.29) is 0 Å². The highest BCUT2D eigenvalue weighted by Crippen LogP contribution is 2.35. The van der Waals surface area contributed by atoms with E-state index in [1.54, 1.807) is 0 Å². The molecule has 2 saturated carbocycles. The van der Waals surface area contributed by atoms with Gasteiger partial charge in [-0.25, -0.2) is 0 Å². The second-order valence-corrected chi connectivity index (χ2v) is 7.82. The molecular formula is C18H35N. The molecule has 1 heteroatoms. The molecule has 0 saturated heterocycles. The van der Waals surface area contributed by atoms with Crippen LogP contribution in [0.25, 0.3) is 0 Å². The maximum absolute atomic E-state index is 4.11. The Bertz CT molecular complexity index is 260. The Kier molecular flexibility index (Phi) is 5.74. The van der Waals surface area contributed by atoms with Gasteiger partial charge >= 0.3 is 0 Å². The lowest BCUT2D eigenvalue weighted by molar-refractivity contribution is 0.146. The molecule has 2 aliphatic rings. The lowest BCUT2D eigenvalue weighted by Gasteiger charge is -2.41. The number of hydrogen-bond donors (Lipinski definition) is 1. The van der Waals surface area contributed by atoms with E-state index >= 15 is 0 Å². The lowest BCUT2D eigenvalue weighted by atomic mass is 9.73. The molecule has 1 N–H and O–H groups in total. The van der Waals surface area contributed by atoms with Gasteiger partial charge in [0.05, 0.1) is 0 Å². The highest BCUT2D eigenvalue weighted by atomic mass is 15.0. The normalized spacial score (nSPS) is 41.2. The van der Waals surface area contributed by atoms with Crippen LogP contribution in [0.1, 0.15) is 79.1 Å². The molecule has 5 atom stereocenters. The van der Waals surface area contributed by atoms with Gasteiger partial charge in [0.15, 0.2) is 0 Å². The third-order valence-electron chi connectivity index (χ3n) is 5.81. The smallest absolute Gasteiger partial charge is 0.0103 e. The molecular weight excluding hydrogens is 230 g/mol. The van der Waals surface area contributed by atoms with Crippen LogP contribution in [0.4, 0.5) is 0 Å². The second-order valence-electron chi connectivity index (χ2n) is 7.82. The predicted octanol–water partition coefficient (Wildman–Crippen LogP) is 5.01. The average molecular weight is 265 g/mol. The van der Waals surface area contributed by atoms with Crippen molar-refractivity contribution in [1.82, 2.24) is 5.32 Å². The van der Waals surface area contributed by atoms with Crippen LogP contribution in [0.2, 0.25) is 0 Å². The summed E-state index contributed by atoms with van der Waals surface area (Å²) in [6.45, 7) is 9.76. The Balaban J connectivity index is 1.96. The largest absolute Gasteiger partial charge is 0.311 e. The fourth-order valence-electron chi connectivity index (χ4n) is 4.41. The molecule has 0 aliphatic heterocycles. The quantitative estimate of drug-likeness (QED) is 0.708. The van der Waals surface area contributed by atoms with Gasteiger partial charge < -0.3 is 5.32 Å². The zero-order chi connectivity index (χ0) is 13.8. The van der Waals surface area contributed by atoms with Crippen molar-refractivity contribution in [3.8, 4) is 0 Å². The van der Waals surface area contributed by atoms with Crippen LogP contribution in [-0.2, 0) is 0 Å². The Morgan fingerprint density at radius 2 is 1.58 bits per heavy atom. The van der Waals surface area contributed by atoms with Gasteiger partial charge in [-0.15, -0.1) is 0 Å². The van der Waals surface area contributed by atoms with Gasteiger partial charge in [-0.2, -0.15) is 0 Å². The molecule has 1 nitrogen and oxygen atoms in total. The Hall–Kier alpha value is -0.0400. The molecule has 0 radical (unpaired) electrons. The maximum Gasteiger partial charge on any atom is 0.0103 e. The van der Waals surface area contributed by atoms with Crippen molar-refractivity contribution in [3.05, 3.63) is 0 Å². The van der Waals surface area contributed by atoms with Crippen LogP contribution in [-0.4, -0.2) is 12.1 Å². The maximum atomic E-state index is 4.11. The summed E-state index contributed by atoms with van der Waals surface area (Å²) in [7, 11) is 0. The molecule has 19 heavy (non-hydrogen) atoms. The summed E-state index contributed by atoms with van der Waals surface area (Å²) in [5, 5.41) is 4.11. The van der Waals surface area contributed by atoms with Crippen molar-refractivity contribution < 1.29 is 0 Å². The molecule has 2 fully saturated rings. The van der Waals surface area contributed by atoms with E-state index in [4.69, 9.17) is 0 Å². The average Bonchev–Trinajstić information content (AvgIpc) is 2.55. The van der Waals surface area contributed by atoms with Crippen molar-refractivity contribution >= 4 is 0 Å². The summed E-state index contributed by atoms with van der Waals surface area (Å²) in [6, 6.07) is 1.58. The third-order valence-corrected chi connectivity index (χ3v) is 5.81. The molecule has 0 amide bonds. The van der Waals surface area contributed by atoms with E-state index in [9.17, 15) is 0 Å². The summed E-state index contributed by atoms with van der Waals surface area (Å²) in [6.07, 6.45) is 11.5. The van der Waals surface area contributed by atoms with E-state index < -0.39 is 0 Å². The summed E-state index contributed by atoms with van der Waals surface area (Å²) in [4.78, 5) is 0. The van der Waals surface area contributed by atoms with Crippen LogP contribution < -0.4 is 5.32 Å². The Morgan fingerprint density at radius 1 is 0.842 bits per heavy atom. The standard InChI is InChI=1S/C18H35N/c1-13(2)16-11-10-14(3)12-18(16)19-17-9-7-5-6-8-15(17)4/h13-19H,5-12H2,1-4H3. The van der Waals surface area contributed by atoms with Gasteiger partial charge in [0, 0.05) is 12.1 Å². The molecule has 2 aliphatic carbocycles. The molecule has 0 heterocycles. The highest BCUT2D eigenvalue weighted by Gasteiger charge is 2.33. The molecule has 2 rings (SSSR count). The predicted molar refractivity (Wildman–Crippen MR) is 84.3 cm³/mol. The molecule has 0 spiro atoms. The summed E-state index contributed by atoms with van der Waals surface area (Å²) in [5.74, 6) is 3.55. The van der Waals surface area contributed by atoms with Crippen molar-refractivity contribution in [1.29, 1.82) is 0 Å². The lowest BCUT2D eigenvalue weighted by Crippen LogP contribution is -2.49. The Labute approximate surface area is 120 Å². The fraction of sp³-hybridized carbons (Fsp3) is 1.00. The van der Waals surface area contributed by atoms with E-state index in [2.05, 4.69) is 33.0 Å².